The molecule has 0 aliphatic carbocycles. The molecular weight excluding hydrogens is 258 g/mol. The smallest absolute Gasteiger partial charge is 0.224 e. The molecule has 1 aromatic heterocycles. The number of amides is 1. The summed E-state index contributed by atoms with van der Waals surface area (Å²) in [6.45, 7) is 0. The molecule has 3 N–H and O–H groups in total. The van der Waals surface area contributed by atoms with Crippen molar-refractivity contribution in [3.63, 3.8) is 0 Å². The Morgan fingerprint density at radius 1 is 1.21 bits per heavy atom. The fourth-order valence-corrected chi connectivity index (χ4v) is 2.91. The molecule has 0 saturated heterocycles. The maximum absolute atomic E-state index is 11.4. The van der Waals surface area contributed by atoms with Crippen molar-refractivity contribution >= 4 is 29.0 Å². The quantitative estimate of drug-likeness (QED) is 0.824. The van der Waals surface area contributed by atoms with E-state index in [-0.39, 0.29) is 5.91 Å². The number of benzene rings is 1. The van der Waals surface area contributed by atoms with E-state index in [4.69, 9.17) is 5.73 Å². The summed E-state index contributed by atoms with van der Waals surface area (Å²) in [6, 6.07) is 7.77. The first kappa shape index (κ1) is 12.0. The van der Waals surface area contributed by atoms with Crippen molar-refractivity contribution < 1.29 is 4.79 Å². The molecule has 1 amide bonds. The van der Waals surface area contributed by atoms with Crippen molar-refractivity contribution in [2.45, 2.75) is 22.6 Å². The number of nitrogens with zero attached hydrogens (tertiary/aromatic N) is 1. The molecule has 1 aromatic carbocycles. The molecule has 0 bridgehead atoms. The minimum Gasteiger partial charge on any atom is -0.398 e. The van der Waals surface area contributed by atoms with Crippen LogP contribution in [0.1, 0.15) is 12.0 Å². The number of nitrogen functional groups attached to an aromatic ring is 1. The van der Waals surface area contributed by atoms with Crippen LogP contribution < -0.4 is 11.1 Å². The van der Waals surface area contributed by atoms with Crippen LogP contribution in [-0.4, -0.2) is 10.9 Å². The summed E-state index contributed by atoms with van der Waals surface area (Å²) in [7, 11) is 0. The number of aromatic nitrogens is 1. The molecule has 96 valence electrons. The predicted molar refractivity (Wildman–Crippen MR) is 76.2 cm³/mol. The Bertz CT molecular complexity index is 628. The lowest BCUT2D eigenvalue weighted by Crippen LogP contribution is -2.19. The summed E-state index contributed by atoms with van der Waals surface area (Å²) in [5.41, 5.74) is 8.81. The van der Waals surface area contributed by atoms with Gasteiger partial charge in [-0.15, -0.1) is 0 Å². The molecular formula is C14H13N3OS. The number of anilines is 2. The summed E-state index contributed by atoms with van der Waals surface area (Å²) in [6.07, 6.45) is 4.78. The number of rotatable bonds is 2. The van der Waals surface area contributed by atoms with Gasteiger partial charge in [-0.3, -0.25) is 9.78 Å². The number of carbonyl (C=O) groups is 1. The molecule has 19 heavy (non-hydrogen) atoms. The average Bonchev–Trinajstić information content (AvgIpc) is 2.41. The summed E-state index contributed by atoms with van der Waals surface area (Å²) in [5, 5.41) is 2.89. The molecule has 0 radical (unpaired) electrons. The first-order valence-corrected chi connectivity index (χ1v) is 6.84. The molecule has 5 heteroatoms. The van der Waals surface area contributed by atoms with E-state index < -0.39 is 0 Å². The van der Waals surface area contributed by atoms with Crippen molar-refractivity contribution in [1.82, 2.24) is 4.98 Å². The fourth-order valence-electron chi connectivity index (χ4n) is 2.05. The lowest BCUT2D eigenvalue weighted by Gasteiger charge is -2.19. The number of hydrogen-bond donors (Lipinski definition) is 2. The van der Waals surface area contributed by atoms with Gasteiger partial charge in [-0.1, -0.05) is 11.8 Å². The van der Waals surface area contributed by atoms with Gasteiger partial charge in [0, 0.05) is 40.0 Å². The third-order valence-electron chi connectivity index (χ3n) is 3.01. The molecule has 0 spiro atoms. The number of aryl methyl sites for hydroxylation is 1. The van der Waals surface area contributed by atoms with E-state index in [1.807, 2.05) is 24.3 Å². The van der Waals surface area contributed by atoms with E-state index >= 15 is 0 Å². The Hall–Kier alpha value is -2.01. The van der Waals surface area contributed by atoms with E-state index in [9.17, 15) is 4.79 Å². The van der Waals surface area contributed by atoms with Crippen molar-refractivity contribution in [3.8, 4) is 0 Å². The van der Waals surface area contributed by atoms with Crippen LogP contribution in [-0.2, 0) is 11.2 Å². The maximum Gasteiger partial charge on any atom is 0.224 e. The molecule has 4 nitrogen and oxygen atoms in total. The average molecular weight is 271 g/mol. The molecule has 0 fully saturated rings. The predicted octanol–water partition coefficient (Wildman–Crippen LogP) is 2.70. The maximum atomic E-state index is 11.4. The zero-order chi connectivity index (χ0) is 13.2. The van der Waals surface area contributed by atoms with Crippen molar-refractivity contribution in [2.24, 2.45) is 0 Å². The summed E-state index contributed by atoms with van der Waals surface area (Å²) in [5.74, 6) is 0.0668. The van der Waals surface area contributed by atoms with E-state index in [0.29, 0.717) is 6.42 Å². The first-order valence-electron chi connectivity index (χ1n) is 6.02. The Morgan fingerprint density at radius 3 is 2.79 bits per heavy atom. The third-order valence-corrected chi connectivity index (χ3v) is 4.09. The second-order valence-corrected chi connectivity index (χ2v) is 5.50. The number of pyridine rings is 1. The monoisotopic (exact) mass is 271 g/mol. The van der Waals surface area contributed by atoms with E-state index in [1.54, 1.807) is 24.2 Å². The van der Waals surface area contributed by atoms with Gasteiger partial charge >= 0.3 is 0 Å². The lowest BCUT2D eigenvalue weighted by atomic mass is 10.0. The molecule has 1 aliphatic heterocycles. The Kier molecular flexibility index (Phi) is 3.13. The second-order valence-electron chi connectivity index (χ2n) is 4.38. The molecule has 1 aliphatic rings. The summed E-state index contributed by atoms with van der Waals surface area (Å²) in [4.78, 5) is 17.4. The van der Waals surface area contributed by atoms with Crippen LogP contribution >= 0.6 is 11.8 Å². The Labute approximate surface area is 115 Å². The Balaban J connectivity index is 1.94. The van der Waals surface area contributed by atoms with Crippen molar-refractivity contribution in [3.05, 3.63) is 42.2 Å². The number of nitrogens with two attached hydrogens (primary N) is 1. The van der Waals surface area contributed by atoms with Crippen LogP contribution in [0.15, 0.2) is 46.5 Å². The SMILES string of the molecule is Nc1cc2c(cc1Sc1ccncc1)NC(=O)CC2. The highest BCUT2D eigenvalue weighted by atomic mass is 32.2. The number of fused-ring (bicyclic) bond motifs is 1. The van der Waals surface area contributed by atoms with Gasteiger partial charge < -0.3 is 11.1 Å². The van der Waals surface area contributed by atoms with Gasteiger partial charge in [-0.25, -0.2) is 0 Å². The van der Waals surface area contributed by atoms with Gasteiger partial charge in [0.05, 0.1) is 0 Å². The van der Waals surface area contributed by atoms with Gasteiger partial charge in [0.25, 0.3) is 0 Å². The molecule has 0 unspecified atom stereocenters. The molecule has 2 heterocycles. The number of carbonyl (C=O) groups excluding carboxylic acids is 1. The van der Waals surface area contributed by atoms with Crippen LogP contribution in [0.5, 0.6) is 0 Å². The van der Waals surface area contributed by atoms with E-state index in [1.165, 1.54) is 0 Å². The molecule has 0 atom stereocenters. The zero-order valence-electron chi connectivity index (χ0n) is 10.2. The van der Waals surface area contributed by atoms with Crippen LogP contribution in [0.2, 0.25) is 0 Å². The minimum atomic E-state index is 0.0668. The topological polar surface area (TPSA) is 68.0 Å². The van der Waals surface area contributed by atoms with Crippen LogP contribution in [0.4, 0.5) is 11.4 Å². The number of nitrogens with one attached hydrogen (secondary N) is 1. The second kappa shape index (κ2) is 4.93. The van der Waals surface area contributed by atoms with Crippen LogP contribution in [0, 0.1) is 0 Å². The molecule has 3 rings (SSSR count). The van der Waals surface area contributed by atoms with Crippen LogP contribution in [0.25, 0.3) is 0 Å². The van der Waals surface area contributed by atoms with Gasteiger partial charge in [-0.2, -0.15) is 0 Å². The highest BCUT2D eigenvalue weighted by molar-refractivity contribution is 7.99. The zero-order valence-corrected chi connectivity index (χ0v) is 11.0. The molecule has 0 saturated carbocycles. The normalized spacial score (nSPS) is 13.8. The highest BCUT2D eigenvalue weighted by Gasteiger charge is 2.16. The summed E-state index contributed by atoms with van der Waals surface area (Å²) >= 11 is 1.57. The van der Waals surface area contributed by atoms with Gasteiger partial charge in [0.15, 0.2) is 0 Å². The minimum absolute atomic E-state index is 0.0668. The largest absolute Gasteiger partial charge is 0.398 e. The third kappa shape index (κ3) is 2.56. The lowest BCUT2D eigenvalue weighted by molar-refractivity contribution is -0.116. The Morgan fingerprint density at radius 2 is 2.00 bits per heavy atom. The number of hydrogen-bond acceptors (Lipinski definition) is 4. The van der Waals surface area contributed by atoms with Gasteiger partial charge in [0.1, 0.15) is 0 Å². The van der Waals surface area contributed by atoms with E-state index in [0.717, 1.165) is 33.2 Å². The highest BCUT2D eigenvalue weighted by Crippen LogP contribution is 2.36. The summed E-state index contributed by atoms with van der Waals surface area (Å²) < 4.78 is 0. The van der Waals surface area contributed by atoms with Crippen LogP contribution in [0.3, 0.4) is 0 Å². The van der Waals surface area contributed by atoms with Gasteiger partial charge in [0.2, 0.25) is 5.91 Å². The van der Waals surface area contributed by atoms with Crippen molar-refractivity contribution in [2.75, 3.05) is 11.1 Å². The first-order chi connectivity index (χ1) is 9.22. The molecule has 2 aromatic rings. The standard InChI is InChI=1S/C14H13N3OS/c15-11-7-9-1-2-14(18)17-12(9)8-13(11)19-10-3-5-16-6-4-10/h3-8H,1-2,15H2,(H,17,18). The van der Waals surface area contributed by atoms with Crippen molar-refractivity contribution in [1.29, 1.82) is 0 Å². The fraction of sp³-hybridized carbons (Fsp3) is 0.143. The van der Waals surface area contributed by atoms with E-state index in [2.05, 4.69) is 10.3 Å². The van der Waals surface area contributed by atoms with Gasteiger partial charge in [-0.05, 0) is 36.2 Å².